The fraction of sp³-hybridized carbons (Fsp3) is 0.481. The molecule has 14 heteroatoms. The molecule has 1 aromatic carbocycles. The first-order valence-electron chi connectivity index (χ1n) is 13.4. The van der Waals surface area contributed by atoms with E-state index < -0.39 is 30.2 Å². The van der Waals surface area contributed by atoms with Crippen LogP contribution in [0.15, 0.2) is 41.3 Å². The predicted octanol–water partition coefficient (Wildman–Crippen LogP) is 3.38. The highest BCUT2D eigenvalue weighted by Gasteiger charge is 2.36. The Hall–Kier alpha value is -3.52. The summed E-state index contributed by atoms with van der Waals surface area (Å²) < 4.78 is 43.0. The molecule has 4 rings (SSSR count). The Morgan fingerprint density at radius 3 is 2.76 bits per heavy atom. The number of fused-ring (bicyclic) bond motifs is 1. The second kappa shape index (κ2) is 13.9. The van der Waals surface area contributed by atoms with Crippen LogP contribution in [0, 0.1) is 5.92 Å². The number of aromatic nitrogens is 1. The minimum Gasteiger partial charge on any atom is -0.480 e. The summed E-state index contributed by atoms with van der Waals surface area (Å²) >= 11 is 1.17. The number of amides is 2. The number of carbonyl (C=O) groups is 3. The molecule has 0 spiro atoms. The SMILES string of the molecule is O=C(CCCCc1ccc2c(n1)NCCC2)NCC(NC(=O)C1CN(Sc2cccc(OC(F)(F)F)c2)C1)C(=O)O. The topological polar surface area (TPSA) is 133 Å². The first kappa shape index (κ1) is 30.4. The molecule has 4 N–H and O–H groups in total. The van der Waals surface area contributed by atoms with E-state index in [9.17, 15) is 32.7 Å². The van der Waals surface area contributed by atoms with Gasteiger partial charge in [-0.3, -0.25) is 9.59 Å². The van der Waals surface area contributed by atoms with Gasteiger partial charge in [0.05, 0.1) is 5.92 Å². The maximum absolute atomic E-state index is 12.6. The summed E-state index contributed by atoms with van der Waals surface area (Å²) in [5.41, 5.74) is 2.18. The molecule has 2 aliphatic heterocycles. The molecular formula is C27H32F3N5O5S. The van der Waals surface area contributed by atoms with Gasteiger partial charge in [0, 0.05) is 43.2 Å². The fourth-order valence-corrected chi connectivity index (χ4v) is 5.56. The average Bonchev–Trinajstić information content (AvgIpc) is 2.89. The molecular weight excluding hydrogens is 563 g/mol. The number of unbranched alkanes of at least 4 members (excludes halogenated alkanes) is 1. The lowest BCUT2D eigenvalue weighted by Gasteiger charge is -2.37. The number of aliphatic carboxylic acids is 1. The van der Waals surface area contributed by atoms with Crippen molar-refractivity contribution in [2.75, 3.05) is 31.5 Å². The summed E-state index contributed by atoms with van der Waals surface area (Å²) in [6.07, 6.45) is -0.335. The number of ether oxygens (including phenoxy) is 1. The highest BCUT2D eigenvalue weighted by molar-refractivity contribution is 7.97. The lowest BCUT2D eigenvalue weighted by atomic mass is 10.0. The average molecular weight is 596 g/mol. The molecule has 0 bridgehead atoms. The number of alkyl halides is 3. The van der Waals surface area contributed by atoms with Crippen molar-refractivity contribution in [2.45, 2.75) is 55.8 Å². The number of aryl methyl sites for hydroxylation is 2. The van der Waals surface area contributed by atoms with E-state index in [1.165, 1.54) is 35.7 Å². The van der Waals surface area contributed by atoms with Crippen LogP contribution in [-0.4, -0.2) is 70.8 Å². The molecule has 2 amide bonds. The second-order valence-electron chi connectivity index (χ2n) is 9.91. The number of carboxylic acids is 1. The molecule has 0 aliphatic carbocycles. The summed E-state index contributed by atoms with van der Waals surface area (Å²) in [6, 6.07) is 8.31. The second-order valence-corrected chi connectivity index (χ2v) is 11.1. The quantitative estimate of drug-likeness (QED) is 0.203. The number of benzene rings is 1. The van der Waals surface area contributed by atoms with Crippen molar-refractivity contribution in [2.24, 2.45) is 5.92 Å². The smallest absolute Gasteiger partial charge is 0.480 e. The number of nitrogens with zero attached hydrogens (tertiary/aromatic N) is 2. The molecule has 0 radical (unpaired) electrons. The standard InChI is InChI=1S/C27H32F3N5O5S/c28-27(29,30)40-20-7-3-8-21(13-20)41-35-15-18(16-35)25(37)34-22(26(38)39)14-32-23(36)9-2-1-6-19-11-10-17-5-4-12-31-24(17)33-19/h3,7-8,10-11,13,18,22H,1-2,4-6,9,12,14-16H2,(H,31,33)(H,32,36)(H,34,37)(H,38,39). The van der Waals surface area contributed by atoms with Gasteiger partial charge in [0.1, 0.15) is 17.6 Å². The molecule has 222 valence electrons. The third-order valence-electron chi connectivity index (χ3n) is 6.65. The van der Waals surface area contributed by atoms with Gasteiger partial charge in [-0.15, -0.1) is 13.2 Å². The van der Waals surface area contributed by atoms with Gasteiger partial charge in [0.2, 0.25) is 11.8 Å². The predicted molar refractivity (Wildman–Crippen MR) is 145 cm³/mol. The molecule has 2 aliphatic rings. The van der Waals surface area contributed by atoms with Gasteiger partial charge in [-0.1, -0.05) is 12.1 Å². The van der Waals surface area contributed by atoms with Crippen LogP contribution in [0.2, 0.25) is 0 Å². The molecule has 1 fully saturated rings. The molecule has 1 saturated heterocycles. The van der Waals surface area contributed by atoms with Gasteiger partial charge in [-0.25, -0.2) is 14.1 Å². The number of nitrogens with one attached hydrogen (secondary N) is 3. The first-order chi connectivity index (χ1) is 19.6. The van der Waals surface area contributed by atoms with E-state index in [-0.39, 0.29) is 37.7 Å². The summed E-state index contributed by atoms with van der Waals surface area (Å²) in [5.74, 6) is -1.92. The van der Waals surface area contributed by atoms with Crippen molar-refractivity contribution in [3.8, 4) is 5.75 Å². The zero-order valence-electron chi connectivity index (χ0n) is 22.2. The fourth-order valence-electron chi connectivity index (χ4n) is 4.45. The molecule has 1 unspecified atom stereocenters. The van der Waals surface area contributed by atoms with E-state index >= 15 is 0 Å². The number of halogens is 3. The van der Waals surface area contributed by atoms with Crippen molar-refractivity contribution < 1.29 is 37.4 Å². The van der Waals surface area contributed by atoms with Crippen molar-refractivity contribution >= 4 is 35.5 Å². The van der Waals surface area contributed by atoms with E-state index in [0.717, 1.165) is 43.7 Å². The summed E-state index contributed by atoms with van der Waals surface area (Å²) in [5, 5.41) is 17.8. The highest BCUT2D eigenvalue weighted by atomic mass is 32.2. The van der Waals surface area contributed by atoms with Crippen LogP contribution < -0.4 is 20.7 Å². The number of carbonyl (C=O) groups excluding carboxylic acids is 2. The van der Waals surface area contributed by atoms with Crippen LogP contribution in [0.5, 0.6) is 5.75 Å². The number of hydrogen-bond donors (Lipinski definition) is 4. The van der Waals surface area contributed by atoms with Gasteiger partial charge in [0.25, 0.3) is 0 Å². The zero-order valence-corrected chi connectivity index (χ0v) is 23.0. The maximum Gasteiger partial charge on any atom is 0.573 e. The lowest BCUT2D eigenvalue weighted by Crippen LogP contribution is -2.56. The Bertz CT molecular complexity index is 1240. The number of hydrogen-bond acceptors (Lipinski definition) is 8. The molecule has 10 nitrogen and oxygen atoms in total. The van der Waals surface area contributed by atoms with Crippen molar-refractivity contribution in [1.29, 1.82) is 0 Å². The Morgan fingerprint density at radius 1 is 1.20 bits per heavy atom. The molecule has 0 saturated carbocycles. The van der Waals surface area contributed by atoms with Crippen molar-refractivity contribution in [3.05, 3.63) is 47.7 Å². The Balaban J connectivity index is 1.13. The minimum absolute atomic E-state index is 0.230. The third kappa shape index (κ3) is 9.52. The van der Waals surface area contributed by atoms with E-state index in [0.29, 0.717) is 11.3 Å². The largest absolute Gasteiger partial charge is 0.573 e. The van der Waals surface area contributed by atoms with Gasteiger partial charge in [-0.05, 0) is 73.9 Å². The van der Waals surface area contributed by atoms with Crippen LogP contribution in [0.25, 0.3) is 0 Å². The van der Waals surface area contributed by atoms with Gasteiger partial charge in [-0.2, -0.15) is 0 Å². The van der Waals surface area contributed by atoms with E-state index in [1.807, 2.05) is 6.07 Å². The van der Waals surface area contributed by atoms with Crippen molar-refractivity contribution in [3.63, 3.8) is 0 Å². The molecule has 2 aromatic rings. The Morgan fingerprint density at radius 2 is 2.00 bits per heavy atom. The molecule has 41 heavy (non-hydrogen) atoms. The maximum atomic E-state index is 12.6. The summed E-state index contributed by atoms with van der Waals surface area (Å²) in [7, 11) is 0. The van der Waals surface area contributed by atoms with E-state index in [2.05, 4.69) is 31.7 Å². The number of pyridine rings is 1. The van der Waals surface area contributed by atoms with Crippen LogP contribution in [0.3, 0.4) is 0 Å². The van der Waals surface area contributed by atoms with Gasteiger partial charge in [0.15, 0.2) is 0 Å². The molecule has 3 heterocycles. The first-order valence-corrected chi connectivity index (χ1v) is 14.1. The summed E-state index contributed by atoms with van der Waals surface area (Å²) in [4.78, 5) is 41.6. The van der Waals surface area contributed by atoms with E-state index in [1.54, 1.807) is 10.4 Å². The number of carboxylic acid groups (broad SMARTS) is 1. The highest BCUT2D eigenvalue weighted by Crippen LogP contribution is 2.33. The summed E-state index contributed by atoms with van der Waals surface area (Å²) in [6.45, 7) is 1.25. The van der Waals surface area contributed by atoms with Crippen LogP contribution in [0.1, 0.15) is 36.9 Å². The van der Waals surface area contributed by atoms with Crippen LogP contribution in [-0.2, 0) is 27.2 Å². The number of anilines is 1. The van der Waals surface area contributed by atoms with Gasteiger partial charge >= 0.3 is 12.3 Å². The van der Waals surface area contributed by atoms with E-state index in [4.69, 9.17) is 0 Å². The monoisotopic (exact) mass is 595 g/mol. The third-order valence-corrected chi connectivity index (χ3v) is 7.67. The number of rotatable bonds is 13. The molecule has 1 aromatic heterocycles. The molecule has 1 atom stereocenters. The van der Waals surface area contributed by atoms with Crippen molar-refractivity contribution in [1.82, 2.24) is 19.9 Å². The Kier molecular flexibility index (Phi) is 10.3. The normalized spacial score (nSPS) is 16.1. The zero-order chi connectivity index (χ0) is 29.4. The van der Waals surface area contributed by atoms with Gasteiger partial charge < -0.3 is 25.8 Å². The Labute approximate surface area is 239 Å². The minimum atomic E-state index is -4.79. The van der Waals surface area contributed by atoms with Crippen LogP contribution >= 0.6 is 11.9 Å². The van der Waals surface area contributed by atoms with Crippen LogP contribution in [0.4, 0.5) is 19.0 Å². The lowest BCUT2D eigenvalue weighted by molar-refractivity contribution is -0.274.